The highest BCUT2D eigenvalue weighted by Crippen LogP contribution is 2.46. The van der Waals surface area contributed by atoms with Gasteiger partial charge in [0, 0.05) is 12.3 Å². The first-order valence-electron chi connectivity index (χ1n) is 8.38. The maximum absolute atomic E-state index is 11.8. The Balaban J connectivity index is 2.46. The Morgan fingerprint density at radius 2 is 1.55 bits per heavy atom. The van der Waals surface area contributed by atoms with Gasteiger partial charge in [0.1, 0.15) is 25.9 Å². The largest absolute Gasteiger partial charge is 0.744 e. The molecule has 2 N–H and O–H groups in total. The summed E-state index contributed by atoms with van der Waals surface area (Å²) in [4.78, 5) is 9.52. The number of carbonyl (C=O) groups excluding carboxylic acids is 1. The number of nitrogens with zero attached hydrogens (tertiary/aromatic N) is 2. The van der Waals surface area contributed by atoms with Crippen molar-refractivity contribution in [3.63, 3.8) is 0 Å². The van der Waals surface area contributed by atoms with Gasteiger partial charge < -0.3 is 19.5 Å². The van der Waals surface area contributed by atoms with Crippen molar-refractivity contribution >= 4 is 54.0 Å². The Hall–Kier alpha value is -3.39. The lowest BCUT2D eigenvalue weighted by atomic mass is 10.1. The van der Waals surface area contributed by atoms with Crippen LogP contribution >= 0.6 is 0 Å². The van der Waals surface area contributed by atoms with Gasteiger partial charge >= 0.3 is 0 Å². The van der Waals surface area contributed by atoms with Crippen LogP contribution in [0.15, 0.2) is 68.6 Å². The topological polar surface area (TPSA) is 188 Å². The number of hydrogen-bond acceptors (Lipinski definition) is 10. The Morgan fingerprint density at radius 1 is 0.935 bits per heavy atom. The van der Waals surface area contributed by atoms with Crippen molar-refractivity contribution < 1.29 is 35.8 Å². The second-order valence-electron chi connectivity index (χ2n) is 6.23. The van der Waals surface area contributed by atoms with Crippen LogP contribution in [0, 0.1) is 0 Å². The number of fused-ring (bicyclic) bond motifs is 1. The zero-order chi connectivity index (χ0) is 23.0. The van der Waals surface area contributed by atoms with Gasteiger partial charge in [0.25, 0.3) is 0 Å². The average molecular weight is 463 g/mol. The van der Waals surface area contributed by atoms with E-state index < -0.39 is 58.1 Å². The van der Waals surface area contributed by atoms with Crippen molar-refractivity contribution in [2.45, 2.75) is 16.7 Å². The van der Waals surface area contributed by atoms with Crippen LogP contribution in [0.1, 0.15) is 6.92 Å². The monoisotopic (exact) mass is 463 g/mol. The predicted octanol–water partition coefficient (Wildman–Crippen LogP) is 2.73. The van der Waals surface area contributed by atoms with Gasteiger partial charge in [-0.25, -0.2) is 16.8 Å². The number of carbonyl (C=O) groups is 1. The van der Waals surface area contributed by atoms with Crippen molar-refractivity contribution in [2.24, 2.45) is 10.2 Å². The van der Waals surface area contributed by atoms with Gasteiger partial charge in [-0.3, -0.25) is 4.79 Å². The molecule has 3 aromatic carbocycles. The van der Waals surface area contributed by atoms with E-state index in [1.54, 1.807) is 18.2 Å². The van der Waals surface area contributed by atoms with Crippen LogP contribution in [-0.2, 0) is 25.0 Å². The van der Waals surface area contributed by atoms with Gasteiger partial charge in [-0.1, -0.05) is 18.2 Å². The Bertz CT molecular complexity index is 1430. The SMILES string of the molecule is CC(=O)Nc1ccc(S(=O)(=O)[O-])c2cc(S(=O)(=O)[O-])c(N=Nc3ccccc3)c(O)c12. The Labute approximate surface area is 176 Å². The van der Waals surface area contributed by atoms with E-state index in [0.29, 0.717) is 6.07 Å². The molecule has 0 fully saturated rings. The van der Waals surface area contributed by atoms with Gasteiger partial charge in [-0.2, -0.15) is 5.11 Å². The van der Waals surface area contributed by atoms with Crippen LogP contribution in [-0.4, -0.2) is 37.0 Å². The molecule has 0 aromatic heterocycles. The third-order valence-electron chi connectivity index (χ3n) is 4.05. The minimum absolute atomic E-state index is 0.140. The molecule has 0 aliphatic carbocycles. The number of anilines is 1. The highest BCUT2D eigenvalue weighted by atomic mass is 32.2. The molecule has 0 saturated carbocycles. The predicted molar refractivity (Wildman–Crippen MR) is 106 cm³/mol. The number of phenolic OH excluding ortho intramolecular Hbond substituents is 1. The lowest BCUT2D eigenvalue weighted by Crippen LogP contribution is -2.08. The first-order chi connectivity index (χ1) is 14.4. The molecule has 11 nitrogen and oxygen atoms in total. The summed E-state index contributed by atoms with van der Waals surface area (Å²) in [7, 11) is -10.4. The molecule has 3 aromatic rings. The zero-order valence-corrected chi connectivity index (χ0v) is 17.3. The molecule has 0 radical (unpaired) electrons. The molecular weight excluding hydrogens is 450 g/mol. The molecule has 31 heavy (non-hydrogen) atoms. The maximum Gasteiger partial charge on any atom is 0.221 e. The first-order valence-corrected chi connectivity index (χ1v) is 11.2. The van der Waals surface area contributed by atoms with Crippen LogP contribution in [0.5, 0.6) is 5.75 Å². The smallest absolute Gasteiger partial charge is 0.221 e. The second kappa shape index (κ2) is 8.03. The number of benzene rings is 3. The maximum atomic E-state index is 11.8. The van der Waals surface area contributed by atoms with E-state index in [2.05, 4.69) is 15.5 Å². The fraction of sp³-hybridized carbons (Fsp3) is 0.0556. The highest BCUT2D eigenvalue weighted by Gasteiger charge is 2.23. The van der Waals surface area contributed by atoms with Crippen LogP contribution in [0.25, 0.3) is 10.8 Å². The van der Waals surface area contributed by atoms with Crippen molar-refractivity contribution in [1.29, 1.82) is 0 Å². The van der Waals surface area contributed by atoms with Crippen molar-refractivity contribution in [3.8, 4) is 5.75 Å². The van der Waals surface area contributed by atoms with E-state index in [1.165, 1.54) is 12.1 Å². The van der Waals surface area contributed by atoms with Crippen LogP contribution in [0.3, 0.4) is 0 Å². The second-order valence-corrected chi connectivity index (χ2v) is 8.93. The molecule has 0 atom stereocenters. The molecule has 0 bridgehead atoms. The zero-order valence-electron chi connectivity index (χ0n) is 15.6. The molecule has 0 spiro atoms. The average Bonchev–Trinajstić information content (AvgIpc) is 2.65. The van der Waals surface area contributed by atoms with E-state index in [4.69, 9.17) is 0 Å². The summed E-state index contributed by atoms with van der Waals surface area (Å²) in [6.07, 6.45) is 0. The van der Waals surface area contributed by atoms with E-state index in [0.717, 1.165) is 19.1 Å². The van der Waals surface area contributed by atoms with Gasteiger partial charge in [0.2, 0.25) is 5.91 Å². The Morgan fingerprint density at radius 3 is 2.10 bits per heavy atom. The summed E-state index contributed by atoms with van der Waals surface area (Å²) < 4.78 is 70.4. The quantitative estimate of drug-likeness (QED) is 0.426. The summed E-state index contributed by atoms with van der Waals surface area (Å²) in [5.41, 5.74) is -0.661. The van der Waals surface area contributed by atoms with Gasteiger partial charge in [0.15, 0.2) is 5.75 Å². The minimum Gasteiger partial charge on any atom is -0.744 e. The Kier molecular flexibility index (Phi) is 5.78. The summed E-state index contributed by atoms with van der Waals surface area (Å²) >= 11 is 0. The number of hydrogen-bond donors (Lipinski definition) is 2. The third-order valence-corrected chi connectivity index (χ3v) is 5.79. The molecule has 0 heterocycles. The van der Waals surface area contributed by atoms with Crippen molar-refractivity contribution in [3.05, 3.63) is 48.5 Å². The van der Waals surface area contributed by atoms with Gasteiger partial charge in [-0.05, 0) is 30.3 Å². The van der Waals surface area contributed by atoms with Gasteiger partial charge in [-0.15, -0.1) is 5.11 Å². The number of aromatic hydroxyl groups is 1. The molecule has 162 valence electrons. The number of amides is 1. The molecule has 3 rings (SSSR count). The number of azo groups is 1. The summed E-state index contributed by atoms with van der Waals surface area (Å²) in [6.45, 7) is 1.13. The molecular formula is C18H13N3O8S2-2. The van der Waals surface area contributed by atoms with Crippen LogP contribution in [0.4, 0.5) is 17.1 Å². The lowest BCUT2D eigenvalue weighted by molar-refractivity contribution is -0.114. The first kappa shape index (κ1) is 22.3. The van der Waals surface area contributed by atoms with E-state index in [-0.39, 0.29) is 11.4 Å². The van der Waals surface area contributed by atoms with Crippen LogP contribution < -0.4 is 5.32 Å². The third kappa shape index (κ3) is 4.69. The molecule has 1 amide bonds. The summed E-state index contributed by atoms with van der Waals surface area (Å²) in [5.74, 6) is -1.56. The van der Waals surface area contributed by atoms with Crippen molar-refractivity contribution in [2.75, 3.05) is 5.32 Å². The number of rotatable bonds is 5. The molecule has 0 saturated heterocycles. The minimum atomic E-state index is -5.30. The highest BCUT2D eigenvalue weighted by molar-refractivity contribution is 7.86. The normalized spacial score (nSPS) is 12.4. The van der Waals surface area contributed by atoms with E-state index in [9.17, 15) is 35.8 Å². The standard InChI is InChI=1S/C18H15N3O8S2/c1-10(22)19-13-7-8-14(30(24,25)26)12-9-15(31(27,28)29)17(18(23)16(12)13)21-20-11-5-3-2-4-6-11/h2-9,23H,1H3,(H,19,22)(H,24,25,26)(H,27,28,29)/p-2. The number of nitrogens with one attached hydrogen (secondary N) is 1. The molecule has 0 aliphatic heterocycles. The van der Waals surface area contributed by atoms with E-state index >= 15 is 0 Å². The molecule has 13 heteroatoms. The van der Waals surface area contributed by atoms with Crippen LogP contribution in [0.2, 0.25) is 0 Å². The summed E-state index contributed by atoms with van der Waals surface area (Å²) in [5, 5.41) is 19.5. The fourth-order valence-electron chi connectivity index (χ4n) is 2.83. The van der Waals surface area contributed by atoms with E-state index in [1.807, 2.05) is 0 Å². The number of phenols is 1. The lowest BCUT2D eigenvalue weighted by Gasteiger charge is -2.19. The fourth-order valence-corrected chi connectivity index (χ4v) is 4.14. The summed E-state index contributed by atoms with van der Waals surface area (Å²) in [6, 6.07) is 10.4. The molecule has 0 aliphatic rings. The van der Waals surface area contributed by atoms with Crippen molar-refractivity contribution in [1.82, 2.24) is 0 Å². The molecule has 0 unspecified atom stereocenters. The van der Waals surface area contributed by atoms with Gasteiger partial charge in [0.05, 0.1) is 26.6 Å².